The monoisotopic (exact) mass is 271 g/mol. The number of rotatable bonds is 5. The molecule has 2 aliphatic heterocycles. The molecule has 5 heteroatoms. The summed E-state index contributed by atoms with van der Waals surface area (Å²) >= 11 is 0. The van der Waals surface area contributed by atoms with Crippen LogP contribution in [-0.2, 0) is 19.0 Å². The molecule has 19 heavy (non-hydrogen) atoms. The van der Waals surface area contributed by atoms with Crippen LogP contribution in [0.25, 0.3) is 0 Å². The minimum absolute atomic E-state index is 0.168. The topological polar surface area (TPSA) is 48.0 Å². The number of nitrogens with zero attached hydrogens (tertiary/aromatic N) is 1. The Kier molecular flexibility index (Phi) is 5.19. The number of hydrogen-bond acceptors (Lipinski definition) is 5. The van der Waals surface area contributed by atoms with Crippen LogP contribution in [0.5, 0.6) is 0 Å². The van der Waals surface area contributed by atoms with Gasteiger partial charge in [-0.1, -0.05) is 6.42 Å². The summed E-state index contributed by atoms with van der Waals surface area (Å²) in [7, 11) is 1.40. The average Bonchev–Trinajstić information content (AvgIpc) is 2.79. The lowest BCUT2D eigenvalue weighted by Crippen LogP contribution is -2.37. The molecule has 0 N–H and O–H groups in total. The largest absolute Gasteiger partial charge is 0.469 e. The molecule has 0 aromatic carbocycles. The maximum absolute atomic E-state index is 11.2. The van der Waals surface area contributed by atoms with Crippen molar-refractivity contribution in [3.8, 4) is 0 Å². The van der Waals surface area contributed by atoms with E-state index in [0.717, 1.165) is 13.0 Å². The van der Waals surface area contributed by atoms with Crippen molar-refractivity contribution < 1.29 is 19.0 Å². The van der Waals surface area contributed by atoms with Crippen LogP contribution in [0.4, 0.5) is 0 Å². The third-order valence-corrected chi connectivity index (χ3v) is 3.94. The lowest BCUT2D eigenvalue weighted by molar-refractivity contribution is -0.165. The molecule has 2 unspecified atom stereocenters. The third kappa shape index (κ3) is 4.44. The number of ether oxygens (including phenoxy) is 3. The highest BCUT2D eigenvalue weighted by Crippen LogP contribution is 2.29. The first kappa shape index (κ1) is 14.8. The van der Waals surface area contributed by atoms with Crippen molar-refractivity contribution in [3.05, 3.63) is 0 Å². The molecule has 2 fully saturated rings. The first-order valence-corrected chi connectivity index (χ1v) is 7.22. The molecule has 0 radical (unpaired) electrons. The Morgan fingerprint density at radius 1 is 1.37 bits per heavy atom. The molecule has 0 aromatic rings. The molecular weight excluding hydrogens is 246 g/mol. The van der Waals surface area contributed by atoms with Gasteiger partial charge in [0.05, 0.1) is 26.2 Å². The van der Waals surface area contributed by atoms with E-state index in [0.29, 0.717) is 6.61 Å². The Morgan fingerprint density at radius 2 is 2.11 bits per heavy atom. The van der Waals surface area contributed by atoms with E-state index in [1.54, 1.807) is 0 Å². The van der Waals surface area contributed by atoms with Gasteiger partial charge in [0.2, 0.25) is 0 Å². The van der Waals surface area contributed by atoms with Crippen LogP contribution in [0, 0.1) is 0 Å². The SMILES string of the molecule is COC(=O)CC1COC(C)(CCN2CCCCC2)O1. The molecule has 2 rings (SSSR count). The number of carbonyl (C=O) groups is 1. The highest BCUT2D eigenvalue weighted by Gasteiger charge is 2.38. The van der Waals surface area contributed by atoms with Gasteiger partial charge in [0, 0.05) is 13.0 Å². The molecule has 0 bridgehead atoms. The van der Waals surface area contributed by atoms with Crippen LogP contribution in [0.1, 0.15) is 39.0 Å². The van der Waals surface area contributed by atoms with Crippen LogP contribution in [-0.4, -0.2) is 56.1 Å². The summed E-state index contributed by atoms with van der Waals surface area (Å²) in [6, 6.07) is 0. The van der Waals surface area contributed by atoms with Gasteiger partial charge in [-0.25, -0.2) is 0 Å². The van der Waals surface area contributed by atoms with Crippen LogP contribution in [0.15, 0.2) is 0 Å². The summed E-state index contributed by atoms with van der Waals surface area (Å²) in [6.45, 7) is 5.81. The Morgan fingerprint density at radius 3 is 2.79 bits per heavy atom. The van der Waals surface area contributed by atoms with Gasteiger partial charge in [-0.15, -0.1) is 0 Å². The minimum Gasteiger partial charge on any atom is -0.469 e. The molecule has 0 aliphatic carbocycles. The normalized spacial score (nSPS) is 32.4. The summed E-state index contributed by atoms with van der Waals surface area (Å²) in [6.07, 6.45) is 4.90. The number of piperidine rings is 1. The predicted octanol–water partition coefficient (Wildman–Crippen LogP) is 1.56. The molecular formula is C14H25NO4. The highest BCUT2D eigenvalue weighted by atomic mass is 16.7. The van der Waals surface area contributed by atoms with Crippen molar-refractivity contribution in [2.45, 2.75) is 50.9 Å². The van der Waals surface area contributed by atoms with Crippen LogP contribution in [0.3, 0.4) is 0 Å². The molecule has 0 aromatic heterocycles. The fourth-order valence-corrected chi connectivity index (χ4v) is 2.73. The second-order valence-electron chi connectivity index (χ2n) is 5.62. The van der Waals surface area contributed by atoms with E-state index in [1.807, 2.05) is 6.92 Å². The van der Waals surface area contributed by atoms with Crippen molar-refractivity contribution in [3.63, 3.8) is 0 Å². The first-order chi connectivity index (χ1) is 9.11. The fourth-order valence-electron chi connectivity index (χ4n) is 2.73. The van der Waals surface area contributed by atoms with E-state index in [9.17, 15) is 4.79 Å². The van der Waals surface area contributed by atoms with Gasteiger partial charge in [0.25, 0.3) is 0 Å². The van der Waals surface area contributed by atoms with Gasteiger partial charge < -0.3 is 19.1 Å². The molecule has 2 atom stereocenters. The van der Waals surface area contributed by atoms with Gasteiger partial charge in [-0.05, 0) is 32.9 Å². The number of likely N-dealkylation sites (tertiary alicyclic amines) is 1. The maximum atomic E-state index is 11.2. The molecule has 0 amide bonds. The number of methoxy groups -OCH3 is 1. The van der Waals surface area contributed by atoms with Crippen molar-refractivity contribution in [1.82, 2.24) is 4.90 Å². The fraction of sp³-hybridized carbons (Fsp3) is 0.929. The standard InChI is InChI=1S/C14H25NO4/c1-14(6-9-15-7-4-3-5-8-15)18-11-12(19-14)10-13(16)17-2/h12H,3-11H2,1-2H3. The van der Waals surface area contributed by atoms with Crippen LogP contribution in [0.2, 0.25) is 0 Å². The zero-order chi connectivity index (χ0) is 13.7. The summed E-state index contributed by atoms with van der Waals surface area (Å²) in [4.78, 5) is 13.7. The van der Waals surface area contributed by atoms with E-state index in [2.05, 4.69) is 9.64 Å². The molecule has 0 saturated carbocycles. The predicted molar refractivity (Wildman–Crippen MR) is 70.8 cm³/mol. The summed E-state index contributed by atoms with van der Waals surface area (Å²) in [5.41, 5.74) is 0. The Labute approximate surface area is 115 Å². The van der Waals surface area contributed by atoms with E-state index in [-0.39, 0.29) is 18.5 Å². The minimum atomic E-state index is -0.546. The molecule has 0 spiro atoms. The van der Waals surface area contributed by atoms with E-state index in [4.69, 9.17) is 9.47 Å². The van der Waals surface area contributed by atoms with Gasteiger partial charge in [0.1, 0.15) is 0 Å². The van der Waals surface area contributed by atoms with E-state index in [1.165, 1.54) is 39.5 Å². The Bertz CT molecular complexity index is 304. The van der Waals surface area contributed by atoms with Crippen molar-refractivity contribution in [1.29, 1.82) is 0 Å². The smallest absolute Gasteiger partial charge is 0.308 e. The highest BCUT2D eigenvalue weighted by molar-refractivity contribution is 5.69. The van der Waals surface area contributed by atoms with E-state index < -0.39 is 5.79 Å². The Hall–Kier alpha value is -0.650. The summed E-state index contributed by atoms with van der Waals surface area (Å²) < 4.78 is 16.2. The lowest BCUT2D eigenvalue weighted by atomic mass is 10.1. The van der Waals surface area contributed by atoms with Crippen molar-refractivity contribution in [2.24, 2.45) is 0 Å². The second kappa shape index (κ2) is 6.68. The molecule has 2 saturated heterocycles. The van der Waals surface area contributed by atoms with Gasteiger partial charge in [-0.2, -0.15) is 0 Å². The quantitative estimate of drug-likeness (QED) is 0.710. The van der Waals surface area contributed by atoms with Crippen LogP contribution < -0.4 is 0 Å². The van der Waals surface area contributed by atoms with Gasteiger partial charge >= 0.3 is 5.97 Å². The molecule has 2 aliphatic rings. The first-order valence-electron chi connectivity index (χ1n) is 7.22. The molecule has 2 heterocycles. The zero-order valence-electron chi connectivity index (χ0n) is 12.0. The Balaban J connectivity index is 1.72. The van der Waals surface area contributed by atoms with Crippen LogP contribution >= 0.6 is 0 Å². The molecule has 110 valence electrons. The number of hydrogen-bond donors (Lipinski definition) is 0. The second-order valence-corrected chi connectivity index (χ2v) is 5.62. The van der Waals surface area contributed by atoms with Gasteiger partial charge in [0.15, 0.2) is 5.79 Å². The van der Waals surface area contributed by atoms with Crippen molar-refractivity contribution >= 4 is 5.97 Å². The van der Waals surface area contributed by atoms with E-state index >= 15 is 0 Å². The maximum Gasteiger partial charge on any atom is 0.308 e. The summed E-state index contributed by atoms with van der Waals surface area (Å²) in [5.74, 6) is -0.787. The number of carbonyl (C=O) groups excluding carboxylic acids is 1. The summed E-state index contributed by atoms with van der Waals surface area (Å²) in [5, 5.41) is 0. The average molecular weight is 271 g/mol. The van der Waals surface area contributed by atoms with Crippen molar-refractivity contribution in [2.75, 3.05) is 33.4 Å². The molecule has 5 nitrogen and oxygen atoms in total. The van der Waals surface area contributed by atoms with Gasteiger partial charge in [-0.3, -0.25) is 4.79 Å². The lowest BCUT2D eigenvalue weighted by Gasteiger charge is -2.30. The number of esters is 1. The zero-order valence-corrected chi connectivity index (χ0v) is 12.0. The third-order valence-electron chi connectivity index (χ3n) is 3.94.